The van der Waals surface area contributed by atoms with Gasteiger partial charge in [0.15, 0.2) is 0 Å². The molecule has 0 spiro atoms. The third kappa shape index (κ3) is 5.43. The minimum absolute atomic E-state index is 0. The molecular formula is HCaO6P. The van der Waals surface area contributed by atoms with Crippen molar-refractivity contribution in [2.24, 2.45) is 0 Å². The van der Waals surface area contributed by atoms with Gasteiger partial charge in [0.1, 0.15) is 0 Å². The van der Waals surface area contributed by atoms with E-state index in [0.717, 1.165) is 0 Å². The first-order chi connectivity index (χ1) is 3.12. The normalized spacial score (nSPS) is 10.4. The van der Waals surface area contributed by atoms with Gasteiger partial charge in [0.2, 0.25) is 0 Å². The van der Waals surface area contributed by atoms with E-state index in [4.69, 9.17) is 15.4 Å². The smallest absolute Gasteiger partial charge is 0.714 e. The standard InChI is InChI=1S/Ca.H3O6P/c;1-5-7(3,4)6-2/h;1-2H,(H,3,4)/q+2;/p-2. The van der Waals surface area contributed by atoms with Gasteiger partial charge in [0.05, 0.1) is 0 Å². The van der Waals surface area contributed by atoms with E-state index in [0.29, 0.717) is 0 Å². The predicted octanol–water partition coefficient (Wildman–Crippen LogP) is -2.71. The van der Waals surface area contributed by atoms with Crippen LogP contribution in [-0.4, -0.2) is 42.6 Å². The van der Waals surface area contributed by atoms with Gasteiger partial charge in [-0.25, -0.2) is 4.57 Å². The van der Waals surface area contributed by atoms with Crippen LogP contribution in [0.5, 0.6) is 0 Å². The molecule has 6 nitrogen and oxygen atoms in total. The number of phosphoric acid groups is 1. The van der Waals surface area contributed by atoms with Crippen LogP contribution in [0.1, 0.15) is 0 Å². The molecular weight excluding hydrogens is 167 g/mol. The number of rotatable bonds is 2. The minimum Gasteiger partial charge on any atom is -0.714 e. The van der Waals surface area contributed by atoms with Crippen LogP contribution in [0, 0.1) is 0 Å². The molecule has 0 fully saturated rings. The fourth-order valence-corrected chi connectivity index (χ4v) is 0.0373. The van der Waals surface area contributed by atoms with Crippen LogP contribution in [-0.2, 0) is 13.9 Å². The Morgan fingerprint density at radius 1 is 1.38 bits per heavy atom. The number of hydrogen-bond acceptors (Lipinski definition) is 5. The van der Waals surface area contributed by atoms with E-state index < -0.39 is 7.82 Å². The van der Waals surface area contributed by atoms with E-state index in [1.165, 1.54) is 0 Å². The number of hydrogen-bond donors (Lipinski definition) is 1. The van der Waals surface area contributed by atoms with E-state index in [9.17, 15) is 4.57 Å². The Kier molecular flexibility index (Phi) is 7.67. The van der Waals surface area contributed by atoms with Gasteiger partial charge in [-0.05, 0) is 0 Å². The maximum atomic E-state index is 9.44. The van der Waals surface area contributed by atoms with E-state index in [1.54, 1.807) is 0 Å². The van der Waals surface area contributed by atoms with Crippen LogP contribution in [0.3, 0.4) is 0 Å². The Bertz CT molecular complexity index is 80.5. The molecule has 0 saturated carbocycles. The zero-order valence-electron chi connectivity index (χ0n) is 3.64. The van der Waals surface area contributed by atoms with Gasteiger partial charge in [-0.1, -0.05) is 0 Å². The molecule has 0 atom stereocenters. The summed E-state index contributed by atoms with van der Waals surface area (Å²) < 4.78 is 14.3. The molecule has 0 rings (SSSR count). The molecule has 0 aromatic rings. The van der Waals surface area contributed by atoms with E-state index in [2.05, 4.69) is 9.35 Å². The molecule has 0 aromatic carbocycles. The van der Waals surface area contributed by atoms with Crippen LogP contribution in [0.2, 0.25) is 0 Å². The van der Waals surface area contributed by atoms with Crippen LogP contribution in [0.25, 0.3) is 0 Å². The Morgan fingerprint density at radius 2 is 1.62 bits per heavy atom. The fraction of sp³-hybridized carbons (Fsp3) is 0. The maximum absolute atomic E-state index is 9.44. The zero-order chi connectivity index (χ0) is 5.91. The third-order valence-corrected chi connectivity index (χ3v) is 0.565. The molecule has 0 bridgehead atoms. The SMILES string of the molecule is O=P(O)(O[O-])O[O-].[Ca+2]. The summed E-state index contributed by atoms with van der Waals surface area (Å²) in [6.45, 7) is 0. The molecule has 0 aliphatic carbocycles. The first-order valence-electron chi connectivity index (χ1n) is 1.08. The van der Waals surface area contributed by atoms with Crippen molar-refractivity contribution in [2.45, 2.75) is 0 Å². The van der Waals surface area contributed by atoms with Crippen LogP contribution in [0.15, 0.2) is 0 Å². The summed E-state index contributed by atoms with van der Waals surface area (Å²) in [5.41, 5.74) is 0. The molecule has 0 aliphatic rings. The van der Waals surface area contributed by atoms with Crippen molar-refractivity contribution in [3.05, 3.63) is 0 Å². The van der Waals surface area contributed by atoms with Gasteiger partial charge in [-0.3, -0.25) is 0 Å². The second kappa shape index (κ2) is 5.10. The van der Waals surface area contributed by atoms with Crippen molar-refractivity contribution in [1.82, 2.24) is 0 Å². The van der Waals surface area contributed by atoms with Crippen molar-refractivity contribution < 1.29 is 29.3 Å². The summed E-state index contributed by atoms with van der Waals surface area (Å²) >= 11 is 0. The van der Waals surface area contributed by atoms with Gasteiger partial charge < -0.3 is 24.8 Å². The zero-order valence-corrected chi connectivity index (χ0v) is 6.75. The molecule has 44 valence electrons. The topological polar surface area (TPSA) is 102 Å². The van der Waals surface area contributed by atoms with E-state index >= 15 is 0 Å². The van der Waals surface area contributed by atoms with Gasteiger partial charge in [0.25, 0.3) is 0 Å². The molecule has 0 heterocycles. The first kappa shape index (κ1) is 12.0. The Labute approximate surface area is 74.5 Å². The molecule has 1 N–H and O–H groups in total. The van der Waals surface area contributed by atoms with E-state index in [1.807, 2.05) is 0 Å². The molecule has 0 aliphatic heterocycles. The largest absolute Gasteiger partial charge is 2.00 e. The summed E-state index contributed by atoms with van der Waals surface area (Å²) in [6, 6.07) is 0. The molecule has 0 unspecified atom stereocenters. The Morgan fingerprint density at radius 3 is 1.62 bits per heavy atom. The molecule has 0 aromatic heterocycles. The average molecular weight is 168 g/mol. The van der Waals surface area contributed by atoms with E-state index in [-0.39, 0.29) is 37.7 Å². The quantitative estimate of drug-likeness (QED) is 0.208. The summed E-state index contributed by atoms with van der Waals surface area (Å²) in [5, 5.41) is 17.7. The fourth-order valence-electron chi connectivity index (χ4n) is 0.0124. The van der Waals surface area contributed by atoms with Gasteiger partial charge in [0, 0.05) is 0 Å². The summed E-state index contributed by atoms with van der Waals surface area (Å²) in [7, 11) is -4.77. The van der Waals surface area contributed by atoms with Crippen molar-refractivity contribution in [2.75, 3.05) is 0 Å². The summed E-state index contributed by atoms with van der Waals surface area (Å²) in [4.78, 5) is 7.62. The minimum atomic E-state index is -4.77. The second-order valence-electron chi connectivity index (χ2n) is 0.618. The van der Waals surface area contributed by atoms with Crippen LogP contribution >= 0.6 is 7.82 Å². The molecule has 0 radical (unpaired) electrons. The Balaban J connectivity index is 0. The average Bonchev–Trinajstić information content (AvgIpc) is 1.68. The van der Waals surface area contributed by atoms with Crippen LogP contribution in [0.4, 0.5) is 0 Å². The van der Waals surface area contributed by atoms with Gasteiger partial charge in [-0.2, -0.15) is 0 Å². The van der Waals surface area contributed by atoms with Crippen molar-refractivity contribution in [1.29, 1.82) is 0 Å². The third-order valence-electron chi connectivity index (χ3n) is 0.188. The Hall–Kier alpha value is 1.29. The molecule has 0 saturated heterocycles. The maximum Gasteiger partial charge on any atom is 2.00 e. The summed E-state index contributed by atoms with van der Waals surface area (Å²) in [5.74, 6) is 0. The molecule has 0 amide bonds. The summed E-state index contributed by atoms with van der Waals surface area (Å²) in [6.07, 6.45) is 0. The van der Waals surface area contributed by atoms with Crippen molar-refractivity contribution in [3.8, 4) is 0 Å². The van der Waals surface area contributed by atoms with Crippen molar-refractivity contribution in [3.63, 3.8) is 0 Å². The monoisotopic (exact) mass is 168 g/mol. The van der Waals surface area contributed by atoms with Crippen molar-refractivity contribution >= 4 is 45.6 Å². The van der Waals surface area contributed by atoms with Crippen LogP contribution < -0.4 is 10.5 Å². The van der Waals surface area contributed by atoms with Gasteiger partial charge in [-0.15, -0.1) is 0 Å². The van der Waals surface area contributed by atoms with Gasteiger partial charge >= 0.3 is 45.6 Å². The second-order valence-corrected chi connectivity index (χ2v) is 1.85. The first-order valence-corrected chi connectivity index (χ1v) is 2.58. The predicted molar refractivity (Wildman–Crippen MR) is 17.7 cm³/mol. The molecule has 8 heavy (non-hydrogen) atoms. The molecule has 8 heteroatoms.